The van der Waals surface area contributed by atoms with E-state index in [-0.39, 0.29) is 19.0 Å². The van der Waals surface area contributed by atoms with Crippen molar-refractivity contribution in [1.82, 2.24) is 9.80 Å². The summed E-state index contributed by atoms with van der Waals surface area (Å²) in [6.07, 6.45) is -1.10. The van der Waals surface area contributed by atoms with Crippen molar-refractivity contribution in [2.45, 2.75) is 52.7 Å². The van der Waals surface area contributed by atoms with Gasteiger partial charge in [-0.3, -0.25) is 0 Å². The molecule has 0 aliphatic carbocycles. The molecule has 1 aliphatic heterocycles. The van der Waals surface area contributed by atoms with Gasteiger partial charge in [-0.15, -0.1) is 0 Å². The number of nitrogens with zero attached hydrogens (tertiary/aromatic N) is 3. The minimum atomic E-state index is -0.657. The van der Waals surface area contributed by atoms with E-state index in [9.17, 15) is 9.59 Å². The van der Waals surface area contributed by atoms with Gasteiger partial charge in [0.25, 0.3) is 0 Å². The number of ether oxygens (including phenoxy) is 2. The van der Waals surface area contributed by atoms with Gasteiger partial charge in [0.2, 0.25) is 5.96 Å². The van der Waals surface area contributed by atoms with E-state index in [2.05, 4.69) is 10.3 Å². The SMILES string of the molecule is CNc1ccc(N=C2N(C(=O)OC(C)(C)C)CCN2C(=O)OC(C)(C)C)cc1. The molecule has 1 aliphatic rings. The van der Waals surface area contributed by atoms with Gasteiger partial charge in [-0.2, -0.15) is 0 Å². The zero-order valence-corrected chi connectivity index (χ0v) is 17.7. The summed E-state index contributed by atoms with van der Waals surface area (Å²) in [6, 6.07) is 7.34. The monoisotopic (exact) mass is 390 g/mol. The van der Waals surface area contributed by atoms with Crippen LogP contribution in [-0.4, -0.2) is 59.3 Å². The lowest BCUT2D eigenvalue weighted by molar-refractivity contribution is 0.0375. The summed E-state index contributed by atoms with van der Waals surface area (Å²) in [6.45, 7) is 11.3. The Bertz CT molecular complexity index is 707. The highest BCUT2D eigenvalue weighted by molar-refractivity contribution is 6.04. The Hall–Kier alpha value is -2.77. The van der Waals surface area contributed by atoms with Gasteiger partial charge < -0.3 is 14.8 Å². The molecule has 0 aromatic heterocycles. The Labute approximate surface area is 166 Å². The molecule has 2 rings (SSSR count). The van der Waals surface area contributed by atoms with Crippen LogP contribution in [0.4, 0.5) is 21.0 Å². The number of guanidine groups is 1. The number of nitrogens with one attached hydrogen (secondary N) is 1. The van der Waals surface area contributed by atoms with Crippen LogP contribution >= 0.6 is 0 Å². The van der Waals surface area contributed by atoms with Gasteiger partial charge in [-0.1, -0.05) is 0 Å². The zero-order chi connectivity index (χ0) is 21.1. The predicted molar refractivity (Wildman–Crippen MR) is 109 cm³/mol. The van der Waals surface area contributed by atoms with Gasteiger partial charge in [0.05, 0.1) is 18.8 Å². The second kappa shape index (κ2) is 8.08. The smallest absolute Gasteiger partial charge is 0.417 e. The fraction of sp³-hybridized carbons (Fsp3) is 0.550. The van der Waals surface area contributed by atoms with Gasteiger partial charge >= 0.3 is 12.2 Å². The van der Waals surface area contributed by atoms with Gasteiger partial charge in [0.1, 0.15) is 11.2 Å². The number of aliphatic imine (C=N–C) groups is 1. The van der Waals surface area contributed by atoms with Crippen molar-refractivity contribution < 1.29 is 19.1 Å². The summed E-state index contributed by atoms with van der Waals surface area (Å²) in [7, 11) is 1.83. The molecule has 1 aromatic rings. The summed E-state index contributed by atoms with van der Waals surface area (Å²) < 4.78 is 10.9. The number of amides is 2. The molecular formula is C20H30N4O4. The van der Waals surface area contributed by atoms with Crippen LogP contribution in [0.3, 0.4) is 0 Å². The molecule has 8 heteroatoms. The summed E-state index contributed by atoms with van der Waals surface area (Å²) >= 11 is 0. The number of carbonyl (C=O) groups is 2. The molecule has 1 fully saturated rings. The zero-order valence-electron chi connectivity index (χ0n) is 17.7. The second-order valence-corrected chi connectivity index (χ2v) is 8.47. The molecule has 0 bridgehead atoms. The standard InChI is InChI=1S/C20H30N4O4/c1-19(2,3)27-17(25)23-12-13-24(18(26)28-20(4,5)6)16(23)22-15-10-8-14(21-7)9-11-15/h8-11,21H,12-13H2,1-7H3. The minimum Gasteiger partial charge on any atom is -0.443 e. The Kier molecular flexibility index (Phi) is 6.21. The van der Waals surface area contributed by atoms with E-state index in [4.69, 9.17) is 9.47 Å². The summed E-state index contributed by atoms with van der Waals surface area (Å²) in [5, 5.41) is 3.04. The van der Waals surface area contributed by atoms with Crippen molar-refractivity contribution in [3.63, 3.8) is 0 Å². The third-order valence-corrected chi connectivity index (χ3v) is 3.64. The number of hydrogen-bond acceptors (Lipinski definition) is 6. The molecule has 1 heterocycles. The van der Waals surface area contributed by atoms with Crippen LogP contribution in [0.1, 0.15) is 41.5 Å². The molecule has 0 unspecified atom stereocenters. The molecule has 1 aromatic carbocycles. The van der Waals surface area contributed by atoms with Gasteiger partial charge in [-0.05, 0) is 65.8 Å². The summed E-state index contributed by atoms with van der Waals surface area (Å²) in [5.41, 5.74) is 0.229. The fourth-order valence-corrected chi connectivity index (χ4v) is 2.46. The van der Waals surface area contributed by atoms with Crippen molar-refractivity contribution in [3.8, 4) is 0 Å². The number of anilines is 1. The van der Waals surface area contributed by atoms with Crippen molar-refractivity contribution in [3.05, 3.63) is 24.3 Å². The number of hydrogen-bond donors (Lipinski definition) is 1. The van der Waals surface area contributed by atoms with Gasteiger partial charge in [-0.25, -0.2) is 24.4 Å². The molecule has 154 valence electrons. The molecule has 2 amide bonds. The Morgan fingerprint density at radius 2 is 1.32 bits per heavy atom. The van der Waals surface area contributed by atoms with Crippen molar-refractivity contribution in [2.24, 2.45) is 4.99 Å². The normalized spacial score (nSPS) is 14.8. The molecule has 0 saturated carbocycles. The van der Waals surface area contributed by atoms with E-state index in [0.717, 1.165) is 5.69 Å². The van der Waals surface area contributed by atoms with Gasteiger partial charge in [0, 0.05) is 12.7 Å². The second-order valence-electron chi connectivity index (χ2n) is 8.47. The van der Waals surface area contributed by atoms with E-state index in [1.165, 1.54) is 9.80 Å². The van der Waals surface area contributed by atoms with Crippen molar-refractivity contribution in [2.75, 3.05) is 25.5 Å². The third-order valence-electron chi connectivity index (χ3n) is 3.64. The van der Waals surface area contributed by atoms with E-state index >= 15 is 0 Å². The molecule has 0 radical (unpaired) electrons. The van der Waals surface area contributed by atoms with Crippen LogP contribution in [0, 0.1) is 0 Å². The molecule has 0 atom stereocenters. The van der Waals surface area contributed by atoms with E-state index in [1.54, 1.807) is 53.7 Å². The first kappa shape index (κ1) is 21.5. The Balaban J connectivity index is 2.36. The number of rotatable bonds is 2. The lowest BCUT2D eigenvalue weighted by Crippen LogP contribution is -2.44. The molecule has 1 saturated heterocycles. The maximum atomic E-state index is 12.6. The highest BCUT2D eigenvalue weighted by atomic mass is 16.6. The average molecular weight is 390 g/mol. The van der Waals surface area contributed by atoms with Crippen molar-refractivity contribution >= 4 is 29.5 Å². The highest BCUT2D eigenvalue weighted by Crippen LogP contribution is 2.23. The maximum Gasteiger partial charge on any atom is 0.417 e. The first-order chi connectivity index (χ1) is 12.9. The maximum absolute atomic E-state index is 12.6. The van der Waals surface area contributed by atoms with E-state index < -0.39 is 23.4 Å². The number of carbonyl (C=O) groups excluding carboxylic acids is 2. The van der Waals surface area contributed by atoms with Crippen LogP contribution < -0.4 is 5.32 Å². The molecule has 0 spiro atoms. The average Bonchev–Trinajstić information content (AvgIpc) is 2.96. The Morgan fingerprint density at radius 1 is 0.893 bits per heavy atom. The third kappa shape index (κ3) is 5.87. The number of benzene rings is 1. The summed E-state index contributed by atoms with van der Waals surface area (Å²) in [5.74, 6) is 0.195. The molecule has 1 N–H and O–H groups in total. The van der Waals surface area contributed by atoms with Crippen molar-refractivity contribution in [1.29, 1.82) is 0 Å². The van der Waals surface area contributed by atoms with Crippen LogP contribution in [-0.2, 0) is 9.47 Å². The lowest BCUT2D eigenvalue weighted by atomic mass is 10.2. The molecular weight excluding hydrogens is 360 g/mol. The first-order valence-corrected chi connectivity index (χ1v) is 9.27. The fourth-order valence-electron chi connectivity index (χ4n) is 2.46. The topological polar surface area (TPSA) is 83.5 Å². The van der Waals surface area contributed by atoms with Crippen LogP contribution in [0.25, 0.3) is 0 Å². The predicted octanol–water partition coefficient (Wildman–Crippen LogP) is 4.20. The van der Waals surface area contributed by atoms with Crippen LogP contribution in [0.5, 0.6) is 0 Å². The largest absolute Gasteiger partial charge is 0.443 e. The first-order valence-electron chi connectivity index (χ1n) is 9.27. The quantitative estimate of drug-likeness (QED) is 0.818. The van der Waals surface area contributed by atoms with E-state index in [0.29, 0.717) is 5.69 Å². The Morgan fingerprint density at radius 3 is 1.68 bits per heavy atom. The van der Waals surface area contributed by atoms with Crippen LogP contribution in [0.15, 0.2) is 29.3 Å². The van der Waals surface area contributed by atoms with Gasteiger partial charge in [0.15, 0.2) is 0 Å². The molecule has 28 heavy (non-hydrogen) atoms. The summed E-state index contributed by atoms with van der Waals surface area (Å²) in [4.78, 5) is 32.6. The minimum absolute atomic E-state index is 0.195. The van der Waals surface area contributed by atoms with Crippen LogP contribution in [0.2, 0.25) is 0 Å². The molecule has 8 nitrogen and oxygen atoms in total. The lowest BCUT2D eigenvalue weighted by Gasteiger charge is -2.27. The van der Waals surface area contributed by atoms with E-state index in [1.807, 2.05) is 19.2 Å². The highest BCUT2D eigenvalue weighted by Gasteiger charge is 2.39.